The summed E-state index contributed by atoms with van der Waals surface area (Å²) in [7, 11) is 0. The standard InChI is InChI=1S/C11H12BrNO5/c1-2-17-8-4-6(11(15)16)3-7(12)10(8)18-5-9(13)14/h3-4H,2,5H2,1H3,(H2,13,14)(H,15,16)/p-1. The van der Waals surface area contributed by atoms with Crippen LogP contribution in [0.3, 0.4) is 0 Å². The number of hydrogen-bond donors (Lipinski definition) is 1. The molecule has 1 aromatic carbocycles. The van der Waals surface area contributed by atoms with Gasteiger partial charge in [0.05, 0.1) is 17.0 Å². The summed E-state index contributed by atoms with van der Waals surface area (Å²) in [5.74, 6) is -1.56. The van der Waals surface area contributed by atoms with Gasteiger partial charge < -0.3 is 25.1 Å². The first-order chi connectivity index (χ1) is 8.45. The number of hydrogen-bond acceptors (Lipinski definition) is 5. The number of carboxylic acids is 1. The molecule has 18 heavy (non-hydrogen) atoms. The van der Waals surface area contributed by atoms with Crippen LogP contribution in [-0.2, 0) is 4.79 Å². The molecule has 0 fully saturated rings. The summed E-state index contributed by atoms with van der Waals surface area (Å²) < 4.78 is 10.7. The summed E-state index contributed by atoms with van der Waals surface area (Å²) in [5.41, 5.74) is 4.91. The minimum Gasteiger partial charge on any atom is -0.545 e. The predicted molar refractivity (Wildman–Crippen MR) is 64.3 cm³/mol. The van der Waals surface area contributed by atoms with Crippen LogP contribution in [-0.4, -0.2) is 25.1 Å². The number of amides is 1. The molecular weight excluding hydrogens is 306 g/mol. The molecule has 1 aromatic rings. The fraction of sp³-hybridized carbons (Fsp3) is 0.273. The molecule has 1 rings (SSSR count). The Bertz CT molecular complexity index is 475. The summed E-state index contributed by atoms with van der Waals surface area (Å²) in [5, 5.41) is 10.8. The number of rotatable bonds is 6. The average Bonchev–Trinajstić information content (AvgIpc) is 2.27. The topological polar surface area (TPSA) is 102 Å². The number of carbonyl (C=O) groups is 2. The van der Waals surface area contributed by atoms with Crippen LogP contribution >= 0.6 is 15.9 Å². The molecule has 0 spiro atoms. The highest BCUT2D eigenvalue weighted by Crippen LogP contribution is 2.36. The predicted octanol–water partition coefficient (Wildman–Crippen LogP) is 0.0754. The average molecular weight is 317 g/mol. The van der Waals surface area contributed by atoms with E-state index < -0.39 is 11.9 Å². The third-order valence-corrected chi connectivity index (χ3v) is 2.49. The van der Waals surface area contributed by atoms with Gasteiger partial charge in [-0.1, -0.05) is 0 Å². The van der Waals surface area contributed by atoms with Crippen molar-refractivity contribution in [2.24, 2.45) is 5.73 Å². The lowest BCUT2D eigenvalue weighted by Crippen LogP contribution is -2.23. The molecule has 0 unspecified atom stereocenters. The molecule has 0 atom stereocenters. The molecule has 0 heterocycles. The molecule has 0 aliphatic rings. The van der Waals surface area contributed by atoms with Crippen molar-refractivity contribution in [2.45, 2.75) is 6.92 Å². The minimum atomic E-state index is -1.34. The lowest BCUT2D eigenvalue weighted by molar-refractivity contribution is -0.255. The second-order valence-electron chi connectivity index (χ2n) is 3.26. The number of nitrogens with two attached hydrogens (primary N) is 1. The van der Waals surface area contributed by atoms with Gasteiger partial charge in [0, 0.05) is 5.56 Å². The van der Waals surface area contributed by atoms with Gasteiger partial charge in [-0.25, -0.2) is 0 Å². The summed E-state index contributed by atoms with van der Waals surface area (Å²) >= 11 is 3.14. The molecule has 0 aliphatic heterocycles. The van der Waals surface area contributed by atoms with Gasteiger partial charge in [-0.05, 0) is 35.0 Å². The van der Waals surface area contributed by atoms with Gasteiger partial charge in [0.25, 0.3) is 5.91 Å². The van der Waals surface area contributed by atoms with E-state index in [-0.39, 0.29) is 23.7 Å². The van der Waals surface area contributed by atoms with E-state index >= 15 is 0 Å². The van der Waals surface area contributed by atoms with Crippen molar-refractivity contribution in [3.63, 3.8) is 0 Å². The first-order valence-electron chi connectivity index (χ1n) is 5.04. The smallest absolute Gasteiger partial charge is 0.255 e. The zero-order chi connectivity index (χ0) is 13.7. The van der Waals surface area contributed by atoms with E-state index in [0.29, 0.717) is 11.1 Å². The fourth-order valence-corrected chi connectivity index (χ4v) is 1.79. The second-order valence-corrected chi connectivity index (χ2v) is 4.12. The number of aromatic carboxylic acids is 1. The molecular formula is C11H11BrNO5-. The molecule has 0 saturated heterocycles. The third-order valence-electron chi connectivity index (χ3n) is 1.90. The van der Waals surface area contributed by atoms with E-state index in [0.717, 1.165) is 0 Å². The number of benzene rings is 1. The Morgan fingerprint density at radius 1 is 1.39 bits per heavy atom. The van der Waals surface area contributed by atoms with Gasteiger partial charge in [-0.15, -0.1) is 0 Å². The molecule has 1 amide bonds. The number of carbonyl (C=O) groups excluding carboxylic acids is 2. The van der Waals surface area contributed by atoms with E-state index in [1.807, 2.05) is 0 Å². The minimum absolute atomic E-state index is 0.0586. The molecule has 6 nitrogen and oxygen atoms in total. The van der Waals surface area contributed by atoms with E-state index in [1.165, 1.54) is 12.1 Å². The zero-order valence-corrected chi connectivity index (χ0v) is 11.2. The Kier molecular flexibility index (Phi) is 4.96. The van der Waals surface area contributed by atoms with Crippen molar-refractivity contribution in [3.8, 4) is 11.5 Å². The largest absolute Gasteiger partial charge is 0.545 e. The molecule has 0 aliphatic carbocycles. The molecule has 7 heteroatoms. The van der Waals surface area contributed by atoms with Gasteiger partial charge in [0.15, 0.2) is 18.1 Å². The maximum atomic E-state index is 10.8. The van der Waals surface area contributed by atoms with E-state index in [2.05, 4.69) is 15.9 Å². The van der Waals surface area contributed by atoms with Crippen molar-refractivity contribution < 1.29 is 24.2 Å². The number of ether oxygens (including phenoxy) is 2. The van der Waals surface area contributed by atoms with Gasteiger partial charge in [0.1, 0.15) is 0 Å². The first kappa shape index (κ1) is 14.3. The molecule has 0 bridgehead atoms. The Morgan fingerprint density at radius 2 is 2.06 bits per heavy atom. The van der Waals surface area contributed by atoms with Crippen molar-refractivity contribution >= 4 is 27.8 Å². The van der Waals surface area contributed by atoms with Crippen LogP contribution in [0.1, 0.15) is 17.3 Å². The molecule has 0 aromatic heterocycles. The first-order valence-corrected chi connectivity index (χ1v) is 5.83. The Hall–Kier alpha value is -1.76. The highest BCUT2D eigenvalue weighted by Gasteiger charge is 2.13. The molecule has 98 valence electrons. The van der Waals surface area contributed by atoms with Gasteiger partial charge in [-0.2, -0.15) is 0 Å². The van der Waals surface area contributed by atoms with E-state index in [9.17, 15) is 14.7 Å². The Morgan fingerprint density at radius 3 is 2.56 bits per heavy atom. The van der Waals surface area contributed by atoms with Crippen LogP contribution < -0.4 is 20.3 Å². The van der Waals surface area contributed by atoms with Crippen molar-refractivity contribution in [3.05, 3.63) is 22.2 Å². The lowest BCUT2D eigenvalue weighted by atomic mass is 10.2. The summed E-state index contributed by atoms with van der Waals surface area (Å²) in [6.45, 7) is 1.72. The summed E-state index contributed by atoms with van der Waals surface area (Å²) in [6.07, 6.45) is 0. The van der Waals surface area contributed by atoms with Gasteiger partial charge in [0.2, 0.25) is 0 Å². The third kappa shape index (κ3) is 3.63. The maximum absolute atomic E-state index is 10.8. The number of primary amides is 1. The van der Waals surface area contributed by atoms with E-state index in [1.54, 1.807) is 6.92 Å². The van der Waals surface area contributed by atoms with Gasteiger partial charge >= 0.3 is 0 Å². The normalized spacial score (nSPS) is 9.89. The molecule has 2 N–H and O–H groups in total. The molecule has 0 saturated carbocycles. The Labute approximate surface area is 112 Å². The van der Waals surface area contributed by atoms with Crippen LogP contribution in [0.15, 0.2) is 16.6 Å². The molecule has 0 radical (unpaired) electrons. The van der Waals surface area contributed by atoms with Crippen molar-refractivity contribution in [1.82, 2.24) is 0 Å². The van der Waals surface area contributed by atoms with Crippen molar-refractivity contribution in [1.29, 1.82) is 0 Å². The number of carboxylic acid groups (broad SMARTS) is 1. The summed E-state index contributed by atoms with van der Waals surface area (Å²) in [4.78, 5) is 21.4. The zero-order valence-electron chi connectivity index (χ0n) is 9.57. The highest BCUT2D eigenvalue weighted by molar-refractivity contribution is 9.10. The van der Waals surface area contributed by atoms with Crippen LogP contribution in [0.2, 0.25) is 0 Å². The SMILES string of the molecule is CCOc1cc(C(=O)[O-])cc(Br)c1OCC(N)=O. The summed E-state index contributed by atoms with van der Waals surface area (Å²) in [6, 6.07) is 2.56. The highest BCUT2D eigenvalue weighted by atomic mass is 79.9. The maximum Gasteiger partial charge on any atom is 0.255 e. The van der Waals surface area contributed by atoms with Crippen LogP contribution in [0.4, 0.5) is 0 Å². The van der Waals surface area contributed by atoms with Crippen LogP contribution in [0.25, 0.3) is 0 Å². The quantitative estimate of drug-likeness (QED) is 0.800. The lowest BCUT2D eigenvalue weighted by Gasteiger charge is -2.15. The number of halogens is 1. The van der Waals surface area contributed by atoms with Crippen molar-refractivity contribution in [2.75, 3.05) is 13.2 Å². The van der Waals surface area contributed by atoms with E-state index in [4.69, 9.17) is 15.2 Å². The van der Waals surface area contributed by atoms with Gasteiger partial charge in [-0.3, -0.25) is 4.79 Å². The Balaban J connectivity index is 3.13. The second kappa shape index (κ2) is 6.25. The van der Waals surface area contributed by atoms with Crippen LogP contribution in [0.5, 0.6) is 11.5 Å². The van der Waals surface area contributed by atoms with Crippen LogP contribution in [0, 0.1) is 0 Å². The fourth-order valence-electron chi connectivity index (χ4n) is 1.23. The monoisotopic (exact) mass is 316 g/mol.